The lowest BCUT2D eigenvalue weighted by Crippen LogP contribution is -3.00. The summed E-state index contributed by atoms with van der Waals surface area (Å²) in [5, 5.41) is 8.02. The van der Waals surface area contributed by atoms with Crippen LogP contribution in [0.25, 0.3) is 0 Å². The molecule has 23 heavy (non-hydrogen) atoms. The van der Waals surface area contributed by atoms with Gasteiger partial charge >= 0.3 is 0 Å². The fraction of sp³-hybridized carbons (Fsp3) is 0.714. The maximum Gasteiger partial charge on any atom is 0.231 e. The second-order valence-corrected chi connectivity index (χ2v) is 6.79. The highest BCUT2D eigenvalue weighted by Gasteiger charge is 2.20. The first-order chi connectivity index (χ1) is 10.7. The Balaban J connectivity index is 0.00000192. The summed E-state index contributed by atoms with van der Waals surface area (Å²) < 4.78 is 0. The van der Waals surface area contributed by atoms with E-state index in [0.29, 0.717) is 5.16 Å². The number of rotatable bonds is 3. The van der Waals surface area contributed by atoms with Crippen molar-refractivity contribution in [2.75, 3.05) is 36.0 Å². The van der Waals surface area contributed by atoms with Crippen molar-refractivity contribution in [3.05, 3.63) is 0 Å². The predicted octanol–water partition coefficient (Wildman–Crippen LogP) is -1.16. The van der Waals surface area contributed by atoms with E-state index in [2.05, 4.69) is 19.8 Å². The van der Waals surface area contributed by atoms with Crippen LogP contribution in [0.15, 0.2) is 5.16 Å². The van der Waals surface area contributed by atoms with Crippen molar-refractivity contribution in [3.63, 3.8) is 0 Å². The first kappa shape index (κ1) is 18.1. The summed E-state index contributed by atoms with van der Waals surface area (Å²) >= 11 is 1.10. The minimum absolute atomic E-state index is 0. The standard InChI is InChI=1S/C14H23N7S.ClH/c15-11(16)22-14-18-12(20-7-3-1-4-8-20)17-13(19-14)21-9-5-2-6-10-21;/h1-10H2,(H3,15,16);1H/p-1. The normalized spacial score (nSPS) is 18.4. The van der Waals surface area contributed by atoms with Crippen molar-refractivity contribution < 1.29 is 12.4 Å². The molecule has 0 unspecified atom stereocenters. The van der Waals surface area contributed by atoms with E-state index < -0.39 is 0 Å². The van der Waals surface area contributed by atoms with Crippen LogP contribution in [0.1, 0.15) is 38.5 Å². The van der Waals surface area contributed by atoms with Crippen molar-refractivity contribution in [2.24, 2.45) is 5.73 Å². The van der Waals surface area contributed by atoms with Gasteiger partial charge in [-0.3, -0.25) is 5.41 Å². The van der Waals surface area contributed by atoms with Gasteiger partial charge in [-0.05, 0) is 50.3 Å². The summed E-state index contributed by atoms with van der Waals surface area (Å²) in [4.78, 5) is 18.2. The number of amidine groups is 1. The van der Waals surface area contributed by atoms with Gasteiger partial charge in [0.2, 0.25) is 17.1 Å². The molecular formula is C14H23ClN7S-. The monoisotopic (exact) mass is 356 g/mol. The molecule has 3 rings (SSSR count). The van der Waals surface area contributed by atoms with Crippen molar-refractivity contribution in [2.45, 2.75) is 43.7 Å². The Hall–Kier alpha value is -1.28. The van der Waals surface area contributed by atoms with Gasteiger partial charge < -0.3 is 27.9 Å². The lowest BCUT2D eigenvalue weighted by atomic mass is 10.1. The van der Waals surface area contributed by atoms with Crippen LogP contribution in [0.2, 0.25) is 0 Å². The second kappa shape index (κ2) is 8.54. The molecule has 2 aliphatic heterocycles. The number of halogens is 1. The van der Waals surface area contributed by atoms with Crippen LogP contribution < -0.4 is 27.9 Å². The highest BCUT2D eigenvalue weighted by Crippen LogP contribution is 2.24. The molecule has 9 heteroatoms. The topological polar surface area (TPSA) is 95.0 Å². The number of nitrogens with one attached hydrogen (secondary N) is 1. The van der Waals surface area contributed by atoms with E-state index in [1.54, 1.807) is 0 Å². The maximum absolute atomic E-state index is 7.47. The Bertz CT molecular complexity index is 494. The van der Waals surface area contributed by atoms with Crippen molar-refractivity contribution in [3.8, 4) is 0 Å². The molecule has 1 aromatic heterocycles. The zero-order valence-electron chi connectivity index (χ0n) is 13.2. The second-order valence-electron chi connectivity index (χ2n) is 5.78. The molecule has 3 N–H and O–H groups in total. The van der Waals surface area contributed by atoms with Crippen LogP contribution >= 0.6 is 11.8 Å². The van der Waals surface area contributed by atoms with E-state index in [4.69, 9.17) is 16.1 Å². The van der Waals surface area contributed by atoms with Gasteiger partial charge in [0.1, 0.15) is 0 Å². The lowest BCUT2D eigenvalue weighted by Gasteiger charge is -2.30. The summed E-state index contributed by atoms with van der Waals surface area (Å²) in [7, 11) is 0. The molecule has 7 nitrogen and oxygen atoms in total. The number of piperidine rings is 2. The molecule has 0 radical (unpaired) electrons. The zero-order chi connectivity index (χ0) is 15.4. The predicted molar refractivity (Wildman–Crippen MR) is 89.7 cm³/mol. The number of aromatic nitrogens is 3. The molecule has 2 aliphatic rings. The summed E-state index contributed by atoms with van der Waals surface area (Å²) in [6.45, 7) is 3.97. The van der Waals surface area contributed by atoms with Crippen LogP contribution in [0.5, 0.6) is 0 Å². The molecule has 0 atom stereocenters. The Morgan fingerprint density at radius 3 is 1.65 bits per heavy atom. The Morgan fingerprint density at radius 2 is 1.26 bits per heavy atom. The molecule has 3 heterocycles. The average molecular weight is 357 g/mol. The van der Waals surface area contributed by atoms with E-state index in [0.717, 1.165) is 49.8 Å². The average Bonchev–Trinajstić information content (AvgIpc) is 2.55. The molecule has 0 amide bonds. The summed E-state index contributed by atoms with van der Waals surface area (Å²) in [5.74, 6) is 1.47. The minimum Gasteiger partial charge on any atom is -1.00 e. The van der Waals surface area contributed by atoms with Crippen molar-refractivity contribution >= 4 is 28.8 Å². The lowest BCUT2D eigenvalue weighted by molar-refractivity contribution is -0.00000508. The molecule has 0 aromatic carbocycles. The summed E-state index contributed by atoms with van der Waals surface area (Å²) in [6, 6.07) is 0. The molecule has 1 aromatic rings. The Labute approximate surface area is 147 Å². The van der Waals surface area contributed by atoms with E-state index in [1.807, 2.05) is 0 Å². The van der Waals surface area contributed by atoms with Crippen LogP contribution in [0, 0.1) is 5.41 Å². The smallest absolute Gasteiger partial charge is 0.231 e. The molecule has 0 aliphatic carbocycles. The Kier molecular flexibility index (Phi) is 6.71. The van der Waals surface area contributed by atoms with Gasteiger partial charge in [0.15, 0.2) is 5.17 Å². The van der Waals surface area contributed by atoms with Gasteiger partial charge in [0.25, 0.3) is 0 Å². The molecule has 2 saturated heterocycles. The van der Waals surface area contributed by atoms with E-state index >= 15 is 0 Å². The van der Waals surface area contributed by atoms with Gasteiger partial charge in [-0.25, -0.2) is 0 Å². The van der Waals surface area contributed by atoms with Crippen molar-refractivity contribution in [1.82, 2.24) is 15.0 Å². The van der Waals surface area contributed by atoms with Crippen LogP contribution in [-0.2, 0) is 0 Å². The molecule has 128 valence electrons. The SMILES string of the molecule is N=C(N)Sc1nc(N2CCCCC2)nc(N2CCCCC2)n1.[Cl-]. The molecule has 2 fully saturated rings. The Morgan fingerprint density at radius 1 is 0.826 bits per heavy atom. The first-order valence-corrected chi connectivity index (χ1v) is 8.82. The summed E-state index contributed by atoms with van der Waals surface area (Å²) in [5.41, 5.74) is 5.50. The minimum atomic E-state index is 0. The van der Waals surface area contributed by atoms with Crippen LogP contribution in [-0.4, -0.2) is 46.3 Å². The van der Waals surface area contributed by atoms with Crippen molar-refractivity contribution in [1.29, 1.82) is 5.41 Å². The van der Waals surface area contributed by atoms with E-state index in [9.17, 15) is 0 Å². The molecule has 0 saturated carbocycles. The number of hydrogen-bond donors (Lipinski definition) is 2. The first-order valence-electron chi connectivity index (χ1n) is 8.00. The third kappa shape index (κ3) is 4.84. The van der Waals surface area contributed by atoms with Crippen LogP contribution in [0.4, 0.5) is 11.9 Å². The van der Waals surface area contributed by atoms with Gasteiger partial charge in [-0.15, -0.1) is 0 Å². The number of hydrogen-bond acceptors (Lipinski definition) is 7. The van der Waals surface area contributed by atoms with Crippen LogP contribution in [0.3, 0.4) is 0 Å². The number of nitrogens with two attached hydrogens (primary N) is 1. The number of thioether (sulfide) groups is 1. The van der Waals surface area contributed by atoms with Gasteiger partial charge in [-0.2, -0.15) is 15.0 Å². The molecule has 0 bridgehead atoms. The maximum atomic E-state index is 7.47. The quantitative estimate of drug-likeness (QED) is 0.401. The fourth-order valence-electron chi connectivity index (χ4n) is 2.95. The molecular weight excluding hydrogens is 334 g/mol. The number of nitrogens with zero attached hydrogens (tertiary/aromatic N) is 5. The largest absolute Gasteiger partial charge is 1.00 e. The molecule has 0 spiro atoms. The summed E-state index contributed by atoms with van der Waals surface area (Å²) in [6.07, 6.45) is 7.27. The highest BCUT2D eigenvalue weighted by atomic mass is 35.5. The van der Waals surface area contributed by atoms with Gasteiger partial charge in [0, 0.05) is 26.2 Å². The zero-order valence-corrected chi connectivity index (χ0v) is 14.7. The van der Waals surface area contributed by atoms with E-state index in [1.165, 1.54) is 38.5 Å². The van der Waals surface area contributed by atoms with E-state index in [-0.39, 0.29) is 17.6 Å². The third-order valence-corrected chi connectivity index (χ3v) is 4.66. The third-order valence-electron chi connectivity index (χ3n) is 4.07. The fourth-order valence-corrected chi connectivity index (χ4v) is 3.40. The van der Waals surface area contributed by atoms with Gasteiger partial charge in [0.05, 0.1) is 0 Å². The highest BCUT2D eigenvalue weighted by molar-refractivity contribution is 8.13. The van der Waals surface area contributed by atoms with Gasteiger partial charge in [-0.1, -0.05) is 0 Å². The number of anilines is 2.